The largest absolute Gasteiger partial charge is 0.312 e. The molecule has 2 heterocycles. The number of hydrogen-bond donors (Lipinski definition) is 1. The van der Waals surface area contributed by atoms with Gasteiger partial charge in [-0.05, 0) is 61.2 Å². The summed E-state index contributed by atoms with van der Waals surface area (Å²) in [5.41, 5.74) is 3.55. The molecule has 0 saturated carbocycles. The van der Waals surface area contributed by atoms with Gasteiger partial charge < -0.3 is 4.90 Å². The molecule has 1 saturated heterocycles. The molecular formula is C22H27N3O3S. The monoisotopic (exact) mass is 413 g/mol. The molecule has 7 heteroatoms. The van der Waals surface area contributed by atoms with Crippen molar-refractivity contribution in [1.29, 1.82) is 0 Å². The van der Waals surface area contributed by atoms with Gasteiger partial charge in [-0.15, -0.1) is 0 Å². The first-order valence-corrected chi connectivity index (χ1v) is 11.7. The fraction of sp³-hybridized carbons (Fsp3) is 0.409. The lowest BCUT2D eigenvalue weighted by Gasteiger charge is -2.28. The van der Waals surface area contributed by atoms with Gasteiger partial charge in [0.2, 0.25) is 15.9 Å². The SMILES string of the molecule is O=C1CCCN1c1ccc(S(=O)(=O)NCCCN2CCc3ccccc3C2)cc1. The topological polar surface area (TPSA) is 69.7 Å². The Balaban J connectivity index is 1.27. The first-order chi connectivity index (χ1) is 14.0. The van der Waals surface area contributed by atoms with E-state index in [4.69, 9.17) is 0 Å². The first-order valence-electron chi connectivity index (χ1n) is 10.2. The summed E-state index contributed by atoms with van der Waals surface area (Å²) in [4.78, 5) is 16.1. The van der Waals surface area contributed by atoms with E-state index >= 15 is 0 Å². The predicted octanol–water partition coefficient (Wildman–Crippen LogP) is 2.54. The van der Waals surface area contributed by atoms with Crippen molar-refractivity contribution in [3.05, 3.63) is 59.7 Å². The van der Waals surface area contributed by atoms with Crippen LogP contribution in [-0.4, -0.2) is 45.4 Å². The molecule has 4 rings (SSSR count). The molecule has 2 aliphatic rings. The van der Waals surface area contributed by atoms with Crippen LogP contribution in [-0.2, 0) is 27.8 Å². The second kappa shape index (κ2) is 8.65. The number of carbonyl (C=O) groups excluding carboxylic acids is 1. The number of carbonyl (C=O) groups is 1. The van der Waals surface area contributed by atoms with Crippen LogP contribution in [0.4, 0.5) is 5.69 Å². The van der Waals surface area contributed by atoms with Crippen molar-refractivity contribution in [2.45, 2.75) is 37.1 Å². The highest BCUT2D eigenvalue weighted by Gasteiger charge is 2.22. The van der Waals surface area contributed by atoms with Crippen LogP contribution in [0.15, 0.2) is 53.4 Å². The number of hydrogen-bond acceptors (Lipinski definition) is 4. The van der Waals surface area contributed by atoms with Crippen LogP contribution in [0.25, 0.3) is 0 Å². The van der Waals surface area contributed by atoms with E-state index in [-0.39, 0.29) is 10.8 Å². The Hall–Kier alpha value is -2.22. The minimum Gasteiger partial charge on any atom is -0.312 e. The van der Waals surface area contributed by atoms with Crippen LogP contribution in [0.3, 0.4) is 0 Å². The number of amides is 1. The average Bonchev–Trinajstić information content (AvgIpc) is 3.17. The standard InChI is InChI=1S/C22H27N3O3S/c26-22-7-3-15-25(22)20-8-10-21(11-9-20)29(27,28)23-13-4-14-24-16-12-18-5-1-2-6-19(18)17-24/h1-2,5-6,8-11,23H,3-4,7,12-17H2. The maximum absolute atomic E-state index is 12.5. The quantitative estimate of drug-likeness (QED) is 0.709. The Kier molecular flexibility index (Phi) is 5.99. The third-order valence-corrected chi connectivity index (χ3v) is 7.16. The molecule has 0 aromatic heterocycles. The molecule has 0 atom stereocenters. The van der Waals surface area contributed by atoms with Crippen LogP contribution >= 0.6 is 0 Å². The zero-order valence-electron chi connectivity index (χ0n) is 16.5. The summed E-state index contributed by atoms with van der Waals surface area (Å²) in [5.74, 6) is 0.0964. The lowest BCUT2D eigenvalue weighted by Crippen LogP contribution is -2.33. The van der Waals surface area contributed by atoms with Gasteiger partial charge in [-0.1, -0.05) is 24.3 Å². The summed E-state index contributed by atoms with van der Waals surface area (Å²) in [6, 6.07) is 15.1. The number of fused-ring (bicyclic) bond motifs is 1. The van der Waals surface area contributed by atoms with Gasteiger partial charge in [-0.2, -0.15) is 0 Å². The third kappa shape index (κ3) is 4.69. The summed E-state index contributed by atoms with van der Waals surface area (Å²) in [6.07, 6.45) is 3.22. The minimum atomic E-state index is -3.54. The van der Waals surface area contributed by atoms with E-state index in [0.29, 0.717) is 19.5 Å². The molecule has 154 valence electrons. The molecule has 0 unspecified atom stereocenters. The molecule has 0 bridgehead atoms. The number of sulfonamides is 1. The van der Waals surface area contributed by atoms with E-state index < -0.39 is 10.0 Å². The normalized spacial score (nSPS) is 17.5. The zero-order chi connectivity index (χ0) is 20.3. The lowest BCUT2D eigenvalue weighted by atomic mass is 10.00. The molecule has 2 aromatic carbocycles. The van der Waals surface area contributed by atoms with Gasteiger partial charge in [0.25, 0.3) is 0 Å². The molecule has 1 N–H and O–H groups in total. The van der Waals surface area contributed by atoms with E-state index in [0.717, 1.165) is 44.6 Å². The third-order valence-electron chi connectivity index (χ3n) is 5.69. The van der Waals surface area contributed by atoms with Crippen LogP contribution in [0.2, 0.25) is 0 Å². The summed E-state index contributed by atoms with van der Waals surface area (Å²) < 4.78 is 27.8. The summed E-state index contributed by atoms with van der Waals surface area (Å²) >= 11 is 0. The van der Waals surface area contributed by atoms with E-state index in [1.54, 1.807) is 29.2 Å². The van der Waals surface area contributed by atoms with Crippen molar-refractivity contribution in [2.24, 2.45) is 0 Å². The van der Waals surface area contributed by atoms with Gasteiger partial charge in [-0.25, -0.2) is 13.1 Å². The summed E-state index contributed by atoms with van der Waals surface area (Å²) in [7, 11) is -3.54. The van der Waals surface area contributed by atoms with Crippen LogP contribution < -0.4 is 9.62 Å². The molecule has 6 nitrogen and oxygen atoms in total. The summed E-state index contributed by atoms with van der Waals surface area (Å²) in [6.45, 7) is 3.92. The maximum atomic E-state index is 12.5. The minimum absolute atomic E-state index is 0.0964. The fourth-order valence-electron chi connectivity index (χ4n) is 4.06. The molecule has 0 radical (unpaired) electrons. The van der Waals surface area contributed by atoms with Crippen molar-refractivity contribution in [1.82, 2.24) is 9.62 Å². The molecule has 0 aliphatic carbocycles. The van der Waals surface area contributed by atoms with Crippen LogP contribution in [0, 0.1) is 0 Å². The van der Waals surface area contributed by atoms with Crippen LogP contribution in [0.5, 0.6) is 0 Å². The van der Waals surface area contributed by atoms with Gasteiger partial charge in [0.05, 0.1) is 4.90 Å². The number of benzene rings is 2. The van der Waals surface area contributed by atoms with E-state index in [9.17, 15) is 13.2 Å². The highest BCUT2D eigenvalue weighted by Crippen LogP contribution is 2.23. The smallest absolute Gasteiger partial charge is 0.240 e. The highest BCUT2D eigenvalue weighted by molar-refractivity contribution is 7.89. The first kappa shape index (κ1) is 20.1. The Morgan fingerprint density at radius 1 is 0.931 bits per heavy atom. The van der Waals surface area contributed by atoms with E-state index in [2.05, 4.69) is 33.9 Å². The number of nitrogens with one attached hydrogen (secondary N) is 1. The van der Waals surface area contributed by atoms with Crippen molar-refractivity contribution in [2.75, 3.05) is 31.1 Å². The van der Waals surface area contributed by atoms with Crippen LogP contribution in [0.1, 0.15) is 30.4 Å². The molecule has 1 amide bonds. The highest BCUT2D eigenvalue weighted by atomic mass is 32.2. The van der Waals surface area contributed by atoms with Gasteiger partial charge in [0.15, 0.2) is 0 Å². The zero-order valence-corrected chi connectivity index (χ0v) is 17.3. The molecule has 1 fully saturated rings. The molecular weight excluding hydrogens is 386 g/mol. The Morgan fingerprint density at radius 2 is 1.69 bits per heavy atom. The Bertz CT molecular complexity index is 973. The second-order valence-electron chi connectivity index (χ2n) is 7.69. The van der Waals surface area contributed by atoms with Crippen molar-refractivity contribution < 1.29 is 13.2 Å². The van der Waals surface area contributed by atoms with Gasteiger partial charge >= 0.3 is 0 Å². The summed E-state index contributed by atoms with van der Waals surface area (Å²) in [5, 5.41) is 0. The van der Waals surface area contributed by atoms with Crippen molar-refractivity contribution in [3.63, 3.8) is 0 Å². The van der Waals surface area contributed by atoms with Gasteiger partial charge in [0, 0.05) is 38.3 Å². The molecule has 2 aliphatic heterocycles. The predicted molar refractivity (Wildman–Crippen MR) is 113 cm³/mol. The van der Waals surface area contributed by atoms with E-state index in [1.807, 2.05) is 0 Å². The molecule has 2 aromatic rings. The maximum Gasteiger partial charge on any atom is 0.240 e. The number of nitrogens with zero attached hydrogens (tertiary/aromatic N) is 2. The Labute approximate surface area is 172 Å². The van der Waals surface area contributed by atoms with Gasteiger partial charge in [0.1, 0.15) is 0 Å². The number of rotatable bonds is 7. The van der Waals surface area contributed by atoms with Crippen molar-refractivity contribution >= 4 is 21.6 Å². The Morgan fingerprint density at radius 3 is 2.41 bits per heavy atom. The van der Waals surface area contributed by atoms with E-state index in [1.165, 1.54) is 11.1 Å². The van der Waals surface area contributed by atoms with Gasteiger partial charge in [-0.3, -0.25) is 9.69 Å². The fourth-order valence-corrected chi connectivity index (χ4v) is 5.14. The number of anilines is 1. The second-order valence-corrected chi connectivity index (χ2v) is 9.46. The van der Waals surface area contributed by atoms with Crippen molar-refractivity contribution in [3.8, 4) is 0 Å². The average molecular weight is 414 g/mol. The lowest BCUT2D eigenvalue weighted by molar-refractivity contribution is -0.117. The molecule has 0 spiro atoms. The molecule has 29 heavy (non-hydrogen) atoms.